The summed E-state index contributed by atoms with van der Waals surface area (Å²) < 4.78 is 90.8. The van der Waals surface area contributed by atoms with E-state index in [1.54, 1.807) is 42.7 Å². The summed E-state index contributed by atoms with van der Waals surface area (Å²) in [6.45, 7) is 10.1. The zero-order chi connectivity index (χ0) is 40.2. The average Bonchev–Trinajstić information content (AvgIpc) is 3.93. The van der Waals surface area contributed by atoms with Gasteiger partial charge in [0.25, 0.3) is 0 Å². The molecule has 4 aliphatic rings. The second-order valence-electron chi connectivity index (χ2n) is 15.9. The summed E-state index contributed by atoms with van der Waals surface area (Å²) in [5.41, 5.74) is -0.173. The Hall–Kier alpha value is -4.18. The number of β-amino-alcohol motifs (C(OH)–C–C–N with tert-alkyl or cyclic N) is 1. The van der Waals surface area contributed by atoms with E-state index in [0.717, 1.165) is 0 Å². The van der Waals surface area contributed by atoms with Crippen molar-refractivity contribution < 1.29 is 46.4 Å². The lowest BCUT2D eigenvalue weighted by Crippen LogP contribution is -2.51. The van der Waals surface area contributed by atoms with Crippen LogP contribution in [0.25, 0.3) is 27.7 Å². The number of halogens is 5. The molecular weight excluding hydrogens is 737 g/mol. The quantitative estimate of drug-likeness (QED) is 0.219. The fraction of sp³-hybridized carbons (Fsp3) is 0.537. The fourth-order valence-corrected chi connectivity index (χ4v) is 8.01. The van der Waals surface area contributed by atoms with Crippen LogP contribution in [0.3, 0.4) is 0 Å². The van der Waals surface area contributed by atoms with Crippen molar-refractivity contribution in [3.05, 3.63) is 58.5 Å². The zero-order valence-electron chi connectivity index (χ0n) is 32.3. The normalized spacial score (nSPS) is 24.6. The average molecular weight is 786 g/mol. The number of ether oxygens (including phenoxy) is 3. The number of allylic oxidation sites excluding steroid dienone is 3. The Morgan fingerprint density at radius 3 is 2.57 bits per heavy atom. The standard InChI is InChI=1S/C41H48F5N5O5/c1-6-26-29(42)9-8-24-16-25(52)17-28(31(24)26)32-34(43)36-33(27(7-2)35(32)47-23(3)4)37(51-13-14-54-21-39(5,53)19-51)49-38(48-36)56-22-40(10-11-40)20-50-12-15-55-30(18-50)41(44,45)46/h7-9,16-17,23,30,52-53H,6,10-15,18-22H2,1-5H3/b27-7-,47-35?. The molecule has 2 aliphatic heterocycles. The second-order valence-corrected chi connectivity index (χ2v) is 15.9. The predicted octanol–water partition coefficient (Wildman–Crippen LogP) is 7.15. The molecule has 2 N–H and O–H groups in total. The minimum absolute atomic E-state index is 0.0208. The third kappa shape index (κ3) is 8.00. The molecule has 2 aromatic carbocycles. The summed E-state index contributed by atoms with van der Waals surface area (Å²) in [6.07, 6.45) is -2.83. The van der Waals surface area contributed by atoms with Crippen molar-refractivity contribution >= 4 is 39.3 Å². The first-order chi connectivity index (χ1) is 26.5. The lowest BCUT2D eigenvalue weighted by molar-refractivity contribution is -0.238. The molecule has 3 heterocycles. The molecule has 3 fully saturated rings. The van der Waals surface area contributed by atoms with Gasteiger partial charge in [-0.25, -0.2) is 8.78 Å². The summed E-state index contributed by atoms with van der Waals surface area (Å²) in [7, 11) is 0. The van der Waals surface area contributed by atoms with E-state index in [9.17, 15) is 23.4 Å². The maximum atomic E-state index is 17.9. The highest BCUT2D eigenvalue weighted by molar-refractivity contribution is 6.51. The Kier molecular flexibility index (Phi) is 10.9. The number of aliphatic hydroxyl groups is 1. The van der Waals surface area contributed by atoms with Crippen molar-refractivity contribution in [2.75, 3.05) is 64.1 Å². The minimum Gasteiger partial charge on any atom is -0.508 e. The second kappa shape index (κ2) is 15.3. The topological polar surface area (TPSA) is 113 Å². The molecule has 302 valence electrons. The van der Waals surface area contributed by atoms with E-state index in [1.165, 1.54) is 18.2 Å². The number of alkyl halides is 3. The molecule has 1 aromatic heterocycles. The first-order valence-corrected chi connectivity index (χ1v) is 19.1. The van der Waals surface area contributed by atoms with Gasteiger partial charge in [-0.2, -0.15) is 23.1 Å². The van der Waals surface area contributed by atoms with Gasteiger partial charge in [0.15, 0.2) is 11.9 Å². The van der Waals surface area contributed by atoms with Crippen LogP contribution in [-0.2, 0) is 15.9 Å². The third-order valence-corrected chi connectivity index (χ3v) is 10.8. The van der Waals surface area contributed by atoms with Crippen LogP contribution >= 0.6 is 0 Å². The van der Waals surface area contributed by atoms with Gasteiger partial charge in [0.05, 0.1) is 44.2 Å². The number of aliphatic imine (C=N–C) groups is 1. The number of anilines is 1. The van der Waals surface area contributed by atoms with Crippen molar-refractivity contribution in [3.8, 4) is 11.8 Å². The summed E-state index contributed by atoms with van der Waals surface area (Å²) >= 11 is 0. The Morgan fingerprint density at radius 2 is 1.89 bits per heavy atom. The van der Waals surface area contributed by atoms with Crippen molar-refractivity contribution in [3.63, 3.8) is 0 Å². The Labute approximate surface area is 322 Å². The molecule has 2 unspecified atom stereocenters. The zero-order valence-corrected chi connectivity index (χ0v) is 32.3. The van der Waals surface area contributed by atoms with E-state index in [1.807, 2.05) is 13.8 Å². The van der Waals surface area contributed by atoms with Gasteiger partial charge in [0.1, 0.15) is 28.7 Å². The molecule has 15 heteroatoms. The van der Waals surface area contributed by atoms with Crippen LogP contribution in [0.5, 0.6) is 11.8 Å². The monoisotopic (exact) mass is 785 g/mol. The molecule has 0 amide bonds. The summed E-state index contributed by atoms with van der Waals surface area (Å²) in [6, 6.07) is 5.33. The molecule has 2 saturated heterocycles. The van der Waals surface area contributed by atoms with Crippen molar-refractivity contribution in [1.29, 1.82) is 0 Å². The van der Waals surface area contributed by atoms with Gasteiger partial charge in [-0.3, -0.25) is 9.89 Å². The predicted molar refractivity (Wildman–Crippen MR) is 204 cm³/mol. The van der Waals surface area contributed by atoms with E-state index in [2.05, 4.69) is 4.98 Å². The number of phenolic OH excluding ortho intramolecular Hbond substituents is 1. The lowest BCUT2D eigenvalue weighted by atomic mass is 9.81. The van der Waals surface area contributed by atoms with E-state index < -0.39 is 34.9 Å². The molecule has 2 aliphatic carbocycles. The van der Waals surface area contributed by atoms with Gasteiger partial charge < -0.3 is 29.3 Å². The Bertz CT molecular complexity index is 2090. The lowest BCUT2D eigenvalue weighted by Gasteiger charge is -2.36. The number of aromatic nitrogens is 2. The number of phenols is 1. The Morgan fingerprint density at radius 1 is 1.12 bits per heavy atom. The molecular formula is C41H48F5N5O5. The first kappa shape index (κ1) is 40.0. The molecule has 7 rings (SSSR count). The van der Waals surface area contributed by atoms with Gasteiger partial charge in [-0.1, -0.05) is 19.1 Å². The largest absolute Gasteiger partial charge is 0.508 e. The molecule has 0 bridgehead atoms. The smallest absolute Gasteiger partial charge is 0.415 e. The molecule has 10 nitrogen and oxygen atoms in total. The van der Waals surface area contributed by atoms with E-state index >= 15 is 8.78 Å². The highest BCUT2D eigenvalue weighted by atomic mass is 19.4. The number of nitrogens with zero attached hydrogens (tertiary/aromatic N) is 5. The number of hydrogen-bond acceptors (Lipinski definition) is 10. The number of aryl methyl sites for hydroxylation is 1. The van der Waals surface area contributed by atoms with Gasteiger partial charge >= 0.3 is 12.2 Å². The van der Waals surface area contributed by atoms with E-state index in [4.69, 9.17) is 24.2 Å². The summed E-state index contributed by atoms with van der Waals surface area (Å²) in [5.74, 6) is -1.12. The minimum atomic E-state index is -4.47. The van der Waals surface area contributed by atoms with Crippen LogP contribution in [0, 0.1) is 11.2 Å². The molecule has 1 saturated carbocycles. The number of fused-ring (bicyclic) bond motifs is 2. The molecule has 56 heavy (non-hydrogen) atoms. The van der Waals surface area contributed by atoms with Crippen molar-refractivity contribution in [1.82, 2.24) is 14.9 Å². The number of morpholine rings is 1. The fourth-order valence-electron chi connectivity index (χ4n) is 8.01. The van der Waals surface area contributed by atoms with Gasteiger partial charge in [-0.05, 0) is 87.1 Å². The Balaban J connectivity index is 1.38. The molecule has 3 aromatic rings. The van der Waals surface area contributed by atoms with E-state index in [0.29, 0.717) is 66.4 Å². The van der Waals surface area contributed by atoms with Gasteiger partial charge in [0, 0.05) is 48.8 Å². The van der Waals surface area contributed by atoms with Crippen LogP contribution in [-0.4, -0.2) is 114 Å². The van der Waals surface area contributed by atoms with Gasteiger partial charge in [0.2, 0.25) is 0 Å². The van der Waals surface area contributed by atoms with Crippen LogP contribution in [0.15, 0.2) is 35.3 Å². The van der Waals surface area contributed by atoms with Crippen molar-refractivity contribution in [2.24, 2.45) is 10.4 Å². The molecule has 2 atom stereocenters. The summed E-state index contributed by atoms with van der Waals surface area (Å²) in [4.78, 5) is 18.0. The highest BCUT2D eigenvalue weighted by Crippen LogP contribution is 2.49. The van der Waals surface area contributed by atoms with Crippen LogP contribution in [0.1, 0.15) is 69.8 Å². The number of aromatic hydroxyl groups is 1. The van der Waals surface area contributed by atoms with E-state index in [-0.39, 0.29) is 85.7 Å². The van der Waals surface area contributed by atoms with Crippen molar-refractivity contribution in [2.45, 2.75) is 77.8 Å². The number of hydrogen-bond donors (Lipinski definition) is 2. The number of benzene rings is 2. The maximum absolute atomic E-state index is 17.9. The molecule has 0 radical (unpaired) electrons. The molecule has 0 spiro atoms. The van der Waals surface area contributed by atoms with Gasteiger partial charge in [-0.15, -0.1) is 0 Å². The highest BCUT2D eigenvalue weighted by Gasteiger charge is 2.49. The number of rotatable bonds is 9. The third-order valence-electron chi connectivity index (χ3n) is 10.8. The first-order valence-electron chi connectivity index (χ1n) is 19.1. The summed E-state index contributed by atoms with van der Waals surface area (Å²) in [5, 5.41) is 23.1. The van der Waals surface area contributed by atoms with Crippen LogP contribution in [0.2, 0.25) is 0 Å². The van der Waals surface area contributed by atoms with Crippen LogP contribution < -0.4 is 9.64 Å². The maximum Gasteiger partial charge on any atom is 0.415 e. The van der Waals surface area contributed by atoms with Crippen LogP contribution in [0.4, 0.5) is 27.8 Å². The SMILES string of the molecule is C/C=C1\C(=NC(C)C)C(c2cc(O)cc3ccc(F)c(CC)c23)=C(F)c2nc(OCC3(CN4CCOC(C(F)(F)F)C4)CC3)nc(N3CCOCC(C)(O)C3)c21.